The van der Waals surface area contributed by atoms with E-state index in [1.165, 1.54) is 0 Å². The molecule has 0 saturated heterocycles. The first-order valence-electron chi connectivity index (χ1n) is 5.86. The van der Waals surface area contributed by atoms with Gasteiger partial charge in [-0.05, 0) is 12.0 Å². The highest BCUT2D eigenvalue weighted by atomic mass is 16.5. The van der Waals surface area contributed by atoms with E-state index in [9.17, 15) is 9.59 Å². The van der Waals surface area contributed by atoms with Gasteiger partial charge in [0.2, 0.25) is 0 Å². The molecule has 0 aliphatic heterocycles. The van der Waals surface area contributed by atoms with E-state index >= 15 is 0 Å². The molecule has 5 heteroatoms. The number of nitrogens with one attached hydrogen (secondary N) is 1. The van der Waals surface area contributed by atoms with E-state index in [1.54, 1.807) is 30.3 Å². The number of rotatable bonds is 6. The average molecular weight is 251 g/mol. The van der Waals surface area contributed by atoms with Gasteiger partial charge >= 0.3 is 12.1 Å². The Balaban J connectivity index is 2.59. The molecule has 0 aliphatic rings. The smallest absolute Gasteiger partial charge is 0.408 e. The summed E-state index contributed by atoms with van der Waals surface area (Å²) < 4.78 is 4.87. The zero-order chi connectivity index (χ0) is 13.4. The molecule has 0 saturated carbocycles. The second-order valence-corrected chi connectivity index (χ2v) is 3.82. The molecule has 1 amide bonds. The second kappa shape index (κ2) is 7.32. The third-order valence-electron chi connectivity index (χ3n) is 2.37. The van der Waals surface area contributed by atoms with Crippen molar-refractivity contribution >= 4 is 12.1 Å². The first-order valence-corrected chi connectivity index (χ1v) is 5.86. The number of carboxylic acid groups (broad SMARTS) is 1. The molecule has 18 heavy (non-hydrogen) atoms. The molecule has 0 aromatic heterocycles. The van der Waals surface area contributed by atoms with Crippen LogP contribution in [0.2, 0.25) is 0 Å². The molecular formula is C13H17NO4. The molecule has 0 bridgehead atoms. The normalized spacial score (nSPS) is 11.6. The summed E-state index contributed by atoms with van der Waals surface area (Å²) >= 11 is 0. The SMILES string of the molecule is CCCCOC(=O)NC(C(=O)O)c1ccccc1. The molecular weight excluding hydrogens is 234 g/mol. The zero-order valence-electron chi connectivity index (χ0n) is 10.3. The van der Waals surface area contributed by atoms with E-state index in [-0.39, 0.29) is 0 Å². The summed E-state index contributed by atoms with van der Waals surface area (Å²) in [5.41, 5.74) is 0.512. The maximum absolute atomic E-state index is 11.4. The first-order chi connectivity index (χ1) is 8.65. The topological polar surface area (TPSA) is 75.6 Å². The third kappa shape index (κ3) is 4.45. The Morgan fingerprint density at radius 3 is 2.56 bits per heavy atom. The van der Waals surface area contributed by atoms with Crippen molar-refractivity contribution in [1.29, 1.82) is 0 Å². The average Bonchev–Trinajstić information content (AvgIpc) is 2.37. The number of carboxylic acids is 1. The molecule has 0 radical (unpaired) electrons. The standard InChI is InChI=1S/C13H17NO4/c1-2-3-9-18-13(17)14-11(12(15)16)10-7-5-4-6-8-10/h4-8,11H,2-3,9H2,1H3,(H,14,17)(H,15,16). The Kier molecular flexibility index (Phi) is 5.70. The van der Waals surface area contributed by atoms with Gasteiger partial charge in [-0.3, -0.25) is 0 Å². The first kappa shape index (κ1) is 14.0. The Morgan fingerprint density at radius 1 is 1.33 bits per heavy atom. The van der Waals surface area contributed by atoms with E-state index < -0.39 is 18.1 Å². The van der Waals surface area contributed by atoms with E-state index in [1.807, 2.05) is 6.92 Å². The van der Waals surface area contributed by atoms with Crippen molar-refractivity contribution in [3.8, 4) is 0 Å². The van der Waals surface area contributed by atoms with Crippen molar-refractivity contribution in [1.82, 2.24) is 5.32 Å². The molecule has 1 rings (SSSR count). The summed E-state index contributed by atoms with van der Waals surface area (Å²) in [6.07, 6.45) is 0.963. The summed E-state index contributed by atoms with van der Waals surface area (Å²) in [4.78, 5) is 22.5. The quantitative estimate of drug-likeness (QED) is 0.761. The molecule has 1 aromatic carbocycles. The van der Waals surface area contributed by atoms with Crippen LogP contribution in [0, 0.1) is 0 Å². The minimum Gasteiger partial charge on any atom is -0.479 e. The zero-order valence-corrected chi connectivity index (χ0v) is 10.3. The number of alkyl carbamates (subject to hydrolysis) is 1. The number of benzene rings is 1. The van der Waals surface area contributed by atoms with E-state index in [0.717, 1.165) is 12.8 Å². The van der Waals surface area contributed by atoms with Gasteiger partial charge in [0, 0.05) is 0 Å². The van der Waals surface area contributed by atoms with Gasteiger partial charge in [0.15, 0.2) is 6.04 Å². The van der Waals surface area contributed by atoms with Gasteiger partial charge in [-0.15, -0.1) is 0 Å². The van der Waals surface area contributed by atoms with Crippen LogP contribution >= 0.6 is 0 Å². The van der Waals surface area contributed by atoms with E-state index in [0.29, 0.717) is 12.2 Å². The number of unbranched alkanes of at least 4 members (excludes halogenated alkanes) is 1. The van der Waals surface area contributed by atoms with Crippen LogP contribution < -0.4 is 5.32 Å². The number of carbonyl (C=O) groups is 2. The number of carbonyl (C=O) groups excluding carboxylic acids is 1. The number of hydrogen-bond acceptors (Lipinski definition) is 3. The lowest BCUT2D eigenvalue weighted by Crippen LogP contribution is -2.34. The van der Waals surface area contributed by atoms with E-state index in [2.05, 4.69) is 5.32 Å². The van der Waals surface area contributed by atoms with Gasteiger partial charge in [-0.2, -0.15) is 0 Å². The molecule has 0 fully saturated rings. The lowest BCUT2D eigenvalue weighted by molar-refractivity contribution is -0.139. The largest absolute Gasteiger partial charge is 0.479 e. The van der Waals surface area contributed by atoms with Gasteiger partial charge in [-0.1, -0.05) is 43.7 Å². The number of amides is 1. The molecule has 0 spiro atoms. The molecule has 0 aliphatic carbocycles. The van der Waals surface area contributed by atoms with Crippen molar-refractivity contribution < 1.29 is 19.4 Å². The summed E-state index contributed by atoms with van der Waals surface area (Å²) in [7, 11) is 0. The van der Waals surface area contributed by atoms with E-state index in [4.69, 9.17) is 9.84 Å². The molecule has 0 heterocycles. The molecule has 98 valence electrons. The maximum Gasteiger partial charge on any atom is 0.408 e. The number of hydrogen-bond donors (Lipinski definition) is 2. The Labute approximate surface area is 106 Å². The Bertz CT molecular complexity index is 391. The van der Waals surface area contributed by atoms with Crippen LogP contribution in [0.1, 0.15) is 31.4 Å². The van der Waals surface area contributed by atoms with Crippen molar-refractivity contribution in [2.45, 2.75) is 25.8 Å². The van der Waals surface area contributed by atoms with Crippen LogP contribution in [0.5, 0.6) is 0 Å². The molecule has 1 unspecified atom stereocenters. The minimum atomic E-state index is -1.12. The van der Waals surface area contributed by atoms with Gasteiger partial charge in [-0.25, -0.2) is 9.59 Å². The molecule has 1 atom stereocenters. The lowest BCUT2D eigenvalue weighted by Gasteiger charge is -2.14. The van der Waals surface area contributed by atoms with Gasteiger partial charge in [0.25, 0.3) is 0 Å². The fourth-order valence-electron chi connectivity index (χ4n) is 1.40. The Hall–Kier alpha value is -2.04. The fourth-order valence-corrected chi connectivity index (χ4v) is 1.40. The van der Waals surface area contributed by atoms with Gasteiger partial charge in [0.1, 0.15) is 0 Å². The third-order valence-corrected chi connectivity index (χ3v) is 2.37. The highest BCUT2D eigenvalue weighted by molar-refractivity contribution is 5.81. The summed E-state index contributed by atoms with van der Waals surface area (Å²) in [5.74, 6) is -1.12. The molecule has 5 nitrogen and oxygen atoms in total. The predicted octanol–water partition coefficient (Wildman–Crippen LogP) is 2.34. The number of ether oxygens (including phenoxy) is 1. The lowest BCUT2D eigenvalue weighted by atomic mass is 10.1. The van der Waals surface area contributed by atoms with Crippen LogP contribution in [0.25, 0.3) is 0 Å². The Morgan fingerprint density at radius 2 is 2.00 bits per heavy atom. The van der Waals surface area contributed by atoms with Crippen LogP contribution in [-0.4, -0.2) is 23.8 Å². The highest BCUT2D eigenvalue weighted by Gasteiger charge is 2.22. The van der Waals surface area contributed by atoms with Gasteiger partial charge < -0.3 is 15.2 Å². The second-order valence-electron chi connectivity index (χ2n) is 3.82. The van der Waals surface area contributed by atoms with Crippen molar-refractivity contribution in [3.05, 3.63) is 35.9 Å². The van der Waals surface area contributed by atoms with Crippen molar-refractivity contribution in [2.75, 3.05) is 6.61 Å². The monoisotopic (exact) mass is 251 g/mol. The molecule has 1 aromatic rings. The predicted molar refractivity (Wildman–Crippen MR) is 66.2 cm³/mol. The van der Waals surface area contributed by atoms with Crippen LogP contribution in [-0.2, 0) is 9.53 Å². The molecule has 2 N–H and O–H groups in total. The van der Waals surface area contributed by atoms with Crippen molar-refractivity contribution in [3.63, 3.8) is 0 Å². The van der Waals surface area contributed by atoms with Gasteiger partial charge in [0.05, 0.1) is 6.61 Å². The van der Waals surface area contributed by atoms with Crippen LogP contribution in [0.3, 0.4) is 0 Å². The van der Waals surface area contributed by atoms with Crippen molar-refractivity contribution in [2.24, 2.45) is 0 Å². The fraction of sp³-hybridized carbons (Fsp3) is 0.385. The number of aliphatic carboxylic acids is 1. The van der Waals surface area contributed by atoms with Crippen LogP contribution in [0.4, 0.5) is 4.79 Å². The van der Waals surface area contributed by atoms with Crippen LogP contribution in [0.15, 0.2) is 30.3 Å². The minimum absolute atomic E-state index is 0.295. The summed E-state index contributed by atoms with van der Waals surface area (Å²) in [6, 6.07) is 7.42. The highest BCUT2D eigenvalue weighted by Crippen LogP contribution is 2.12. The maximum atomic E-state index is 11.4. The summed E-state index contributed by atoms with van der Waals surface area (Å²) in [5, 5.41) is 11.4. The summed E-state index contributed by atoms with van der Waals surface area (Å²) in [6.45, 7) is 2.27.